The van der Waals surface area contributed by atoms with Gasteiger partial charge in [0, 0.05) is 6.42 Å². The average Bonchev–Trinajstić information content (AvgIpc) is 2.35. The van der Waals surface area contributed by atoms with Gasteiger partial charge >= 0.3 is 5.97 Å². The second-order valence-corrected chi connectivity index (χ2v) is 4.66. The maximum Gasteiger partial charge on any atom is 0.306 e. The van der Waals surface area contributed by atoms with Crippen molar-refractivity contribution in [3.8, 4) is 0 Å². The lowest BCUT2D eigenvalue weighted by molar-refractivity contribution is -0.142. The van der Waals surface area contributed by atoms with E-state index in [1.165, 1.54) is 11.1 Å². The molecule has 0 aliphatic carbocycles. The summed E-state index contributed by atoms with van der Waals surface area (Å²) in [6.45, 7) is 4.39. The molecule has 1 aromatic rings. The third kappa shape index (κ3) is 6.89. The summed E-state index contributed by atoms with van der Waals surface area (Å²) >= 11 is 0. The molecule has 98 valence electrons. The van der Waals surface area contributed by atoms with Gasteiger partial charge in [-0.15, -0.1) is 0 Å². The minimum atomic E-state index is -0.0967. The third-order valence-electron chi connectivity index (χ3n) is 2.68. The maximum atomic E-state index is 11.4. The Hall–Kier alpha value is -1.57. The molecule has 0 saturated carbocycles. The summed E-state index contributed by atoms with van der Waals surface area (Å²) < 4.78 is 5.09. The Morgan fingerprint density at radius 1 is 1.17 bits per heavy atom. The number of ether oxygens (including phenoxy) is 1. The monoisotopic (exact) mass is 246 g/mol. The quantitative estimate of drug-likeness (QED) is 0.414. The molecule has 0 spiro atoms. The van der Waals surface area contributed by atoms with E-state index in [2.05, 4.69) is 12.1 Å². The van der Waals surface area contributed by atoms with Crippen LogP contribution in [0.25, 0.3) is 0 Å². The number of allylic oxidation sites excluding steroid dienone is 1. The van der Waals surface area contributed by atoms with Crippen molar-refractivity contribution in [2.75, 3.05) is 6.61 Å². The van der Waals surface area contributed by atoms with Crippen LogP contribution in [-0.4, -0.2) is 12.6 Å². The average molecular weight is 246 g/mol. The first-order valence-corrected chi connectivity index (χ1v) is 6.51. The molecule has 0 radical (unpaired) electrons. The molecule has 0 unspecified atom stereocenters. The van der Waals surface area contributed by atoms with Crippen LogP contribution in [0.1, 0.15) is 38.7 Å². The highest BCUT2D eigenvalue weighted by atomic mass is 16.5. The molecule has 2 heteroatoms. The summed E-state index contributed by atoms with van der Waals surface area (Å²) in [4.78, 5) is 11.4. The first-order chi connectivity index (χ1) is 8.68. The predicted molar refractivity (Wildman–Crippen MR) is 74.4 cm³/mol. The van der Waals surface area contributed by atoms with Crippen LogP contribution in [0.15, 0.2) is 42.0 Å². The first-order valence-electron chi connectivity index (χ1n) is 6.51. The lowest BCUT2D eigenvalue weighted by Crippen LogP contribution is -2.04. The molecular weight excluding hydrogens is 224 g/mol. The van der Waals surface area contributed by atoms with Crippen molar-refractivity contribution in [2.24, 2.45) is 0 Å². The van der Waals surface area contributed by atoms with Gasteiger partial charge in [-0.3, -0.25) is 4.79 Å². The molecule has 0 aromatic heterocycles. The molecule has 0 aliphatic rings. The van der Waals surface area contributed by atoms with Gasteiger partial charge in [0.25, 0.3) is 0 Å². The highest BCUT2D eigenvalue weighted by molar-refractivity contribution is 5.69. The van der Waals surface area contributed by atoms with Gasteiger partial charge in [-0.2, -0.15) is 0 Å². The van der Waals surface area contributed by atoms with Crippen molar-refractivity contribution in [1.29, 1.82) is 0 Å². The summed E-state index contributed by atoms with van der Waals surface area (Å²) in [5.41, 5.74) is 2.50. The van der Waals surface area contributed by atoms with Crippen molar-refractivity contribution in [3.05, 3.63) is 47.5 Å². The van der Waals surface area contributed by atoms with Crippen molar-refractivity contribution in [3.63, 3.8) is 0 Å². The Morgan fingerprint density at radius 2 is 1.89 bits per heavy atom. The molecule has 0 atom stereocenters. The summed E-state index contributed by atoms with van der Waals surface area (Å²) in [7, 11) is 0. The number of carbonyl (C=O) groups excluding carboxylic acids is 1. The third-order valence-corrected chi connectivity index (χ3v) is 2.68. The standard InChI is InChI=1S/C16H22O2/c1-14(2)12-13-18-16(17)11-7-6-10-15-8-4-3-5-9-15/h3-5,8-9,12H,6-7,10-11,13H2,1-2H3. The zero-order chi connectivity index (χ0) is 13.2. The fraction of sp³-hybridized carbons (Fsp3) is 0.438. The fourth-order valence-electron chi connectivity index (χ4n) is 1.62. The van der Waals surface area contributed by atoms with Gasteiger partial charge in [-0.1, -0.05) is 35.9 Å². The molecule has 0 saturated heterocycles. The normalized spacial score (nSPS) is 9.89. The van der Waals surface area contributed by atoms with Gasteiger partial charge in [0.15, 0.2) is 0 Å². The molecular formula is C16H22O2. The van der Waals surface area contributed by atoms with Crippen LogP contribution in [0.2, 0.25) is 0 Å². The van der Waals surface area contributed by atoms with Gasteiger partial charge in [0.2, 0.25) is 0 Å². The molecule has 0 bridgehead atoms. The number of aryl methyl sites for hydroxylation is 1. The van der Waals surface area contributed by atoms with E-state index in [9.17, 15) is 4.79 Å². The second-order valence-electron chi connectivity index (χ2n) is 4.66. The van der Waals surface area contributed by atoms with Crippen LogP contribution < -0.4 is 0 Å². The van der Waals surface area contributed by atoms with E-state index < -0.39 is 0 Å². The molecule has 1 rings (SSSR count). The summed E-state index contributed by atoms with van der Waals surface area (Å²) in [6, 6.07) is 10.3. The summed E-state index contributed by atoms with van der Waals surface area (Å²) in [5.74, 6) is -0.0967. The molecule has 0 heterocycles. The Balaban J connectivity index is 2.07. The van der Waals surface area contributed by atoms with Gasteiger partial charge in [-0.05, 0) is 44.7 Å². The topological polar surface area (TPSA) is 26.3 Å². The summed E-state index contributed by atoms with van der Waals surface area (Å²) in [6.07, 6.45) is 5.39. The minimum Gasteiger partial charge on any atom is -0.461 e. The van der Waals surface area contributed by atoms with Crippen LogP contribution in [0.4, 0.5) is 0 Å². The van der Waals surface area contributed by atoms with Crippen molar-refractivity contribution < 1.29 is 9.53 Å². The van der Waals surface area contributed by atoms with Crippen LogP contribution in [0.3, 0.4) is 0 Å². The zero-order valence-electron chi connectivity index (χ0n) is 11.3. The molecule has 0 aliphatic heterocycles. The van der Waals surface area contributed by atoms with E-state index in [0.29, 0.717) is 13.0 Å². The summed E-state index contributed by atoms with van der Waals surface area (Å²) in [5, 5.41) is 0. The smallest absolute Gasteiger partial charge is 0.306 e. The fourth-order valence-corrected chi connectivity index (χ4v) is 1.62. The van der Waals surface area contributed by atoms with Gasteiger partial charge in [0.1, 0.15) is 6.61 Å². The van der Waals surface area contributed by atoms with Crippen molar-refractivity contribution in [1.82, 2.24) is 0 Å². The number of hydrogen-bond acceptors (Lipinski definition) is 2. The molecule has 1 aromatic carbocycles. The number of esters is 1. The van der Waals surface area contributed by atoms with E-state index in [1.54, 1.807) is 0 Å². The van der Waals surface area contributed by atoms with Crippen LogP contribution >= 0.6 is 0 Å². The van der Waals surface area contributed by atoms with E-state index in [4.69, 9.17) is 4.74 Å². The lowest BCUT2D eigenvalue weighted by atomic mass is 10.1. The second kappa shape index (κ2) is 8.51. The number of hydrogen-bond donors (Lipinski definition) is 0. The first kappa shape index (κ1) is 14.5. The van der Waals surface area contributed by atoms with Crippen LogP contribution in [-0.2, 0) is 16.0 Å². The van der Waals surface area contributed by atoms with E-state index in [1.807, 2.05) is 38.1 Å². The predicted octanol–water partition coefficient (Wildman–Crippen LogP) is 3.91. The molecule has 2 nitrogen and oxygen atoms in total. The number of unbranched alkanes of at least 4 members (excludes halogenated alkanes) is 1. The highest BCUT2D eigenvalue weighted by Gasteiger charge is 2.01. The Labute approximate surface area is 110 Å². The zero-order valence-corrected chi connectivity index (χ0v) is 11.3. The Kier molecular flexibility index (Phi) is 6.85. The SMILES string of the molecule is CC(C)=CCOC(=O)CCCCc1ccccc1. The van der Waals surface area contributed by atoms with Gasteiger partial charge in [0.05, 0.1) is 0 Å². The van der Waals surface area contributed by atoms with Gasteiger partial charge in [-0.25, -0.2) is 0 Å². The van der Waals surface area contributed by atoms with Crippen LogP contribution in [0.5, 0.6) is 0 Å². The van der Waals surface area contributed by atoms with E-state index in [0.717, 1.165) is 19.3 Å². The maximum absolute atomic E-state index is 11.4. The largest absolute Gasteiger partial charge is 0.461 e. The number of benzene rings is 1. The van der Waals surface area contributed by atoms with Crippen molar-refractivity contribution >= 4 is 5.97 Å². The number of rotatable bonds is 7. The van der Waals surface area contributed by atoms with Gasteiger partial charge < -0.3 is 4.74 Å². The molecule has 0 amide bonds. The van der Waals surface area contributed by atoms with E-state index >= 15 is 0 Å². The Bertz CT molecular complexity index is 375. The molecule has 0 fully saturated rings. The van der Waals surface area contributed by atoms with Crippen LogP contribution in [0, 0.1) is 0 Å². The highest BCUT2D eigenvalue weighted by Crippen LogP contribution is 2.06. The lowest BCUT2D eigenvalue weighted by Gasteiger charge is -2.03. The Morgan fingerprint density at radius 3 is 2.56 bits per heavy atom. The number of carbonyl (C=O) groups is 1. The molecule has 18 heavy (non-hydrogen) atoms. The van der Waals surface area contributed by atoms with Crippen molar-refractivity contribution in [2.45, 2.75) is 39.5 Å². The molecule has 0 N–H and O–H groups in total. The van der Waals surface area contributed by atoms with E-state index in [-0.39, 0.29) is 5.97 Å². The minimum absolute atomic E-state index is 0.0967.